The number of rotatable bonds is 7. The van der Waals surface area contributed by atoms with E-state index in [1.54, 1.807) is 19.2 Å². The lowest BCUT2D eigenvalue weighted by Crippen LogP contribution is -2.44. The fourth-order valence-electron chi connectivity index (χ4n) is 3.44. The fourth-order valence-corrected chi connectivity index (χ4v) is 3.62. The molecule has 1 fully saturated rings. The lowest BCUT2D eigenvalue weighted by molar-refractivity contribution is -0.125. The van der Waals surface area contributed by atoms with Gasteiger partial charge in [0.1, 0.15) is 5.82 Å². The van der Waals surface area contributed by atoms with E-state index in [2.05, 4.69) is 15.3 Å². The Morgan fingerprint density at radius 1 is 1.34 bits per heavy atom. The number of nitrogens with one attached hydrogen (secondary N) is 1. The third-order valence-corrected chi connectivity index (χ3v) is 5.53. The Morgan fingerprint density at radius 3 is 2.93 bits per heavy atom. The van der Waals surface area contributed by atoms with E-state index in [0.717, 1.165) is 31.4 Å². The van der Waals surface area contributed by atoms with Gasteiger partial charge in [0.05, 0.1) is 11.6 Å². The second kappa shape index (κ2) is 9.89. The van der Waals surface area contributed by atoms with Crippen LogP contribution in [0.5, 0.6) is 0 Å². The number of hydrogen-bond donors (Lipinski definition) is 1. The van der Waals surface area contributed by atoms with Gasteiger partial charge < -0.3 is 15.0 Å². The summed E-state index contributed by atoms with van der Waals surface area (Å²) in [5.74, 6) is 0.643. The molecule has 0 saturated carbocycles. The third kappa shape index (κ3) is 5.36. The van der Waals surface area contributed by atoms with Gasteiger partial charge in [0.25, 0.3) is 5.56 Å². The highest BCUT2D eigenvalue weighted by atomic mass is 35.5. The zero-order valence-electron chi connectivity index (χ0n) is 16.9. The molecule has 2 aromatic rings. The minimum absolute atomic E-state index is 0.0597. The number of piperidine rings is 1. The van der Waals surface area contributed by atoms with E-state index in [4.69, 9.17) is 16.3 Å². The molecule has 29 heavy (non-hydrogen) atoms. The summed E-state index contributed by atoms with van der Waals surface area (Å²) in [5.41, 5.74) is 1.34. The van der Waals surface area contributed by atoms with Crippen molar-refractivity contribution in [1.29, 1.82) is 0 Å². The van der Waals surface area contributed by atoms with Crippen molar-refractivity contribution >= 4 is 23.3 Å². The van der Waals surface area contributed by atoms with Crippen LogP contribution in [0.25, 0.3) is 5.69 Å². The number of benzene rings is 1. The summed E-state index contributed by atoms with van der Waals surface area (Å²) in [6.45, 7) is 4.53. The normalized spacial score (nSPS) is 16.7. The number of amides is 1. The molecule has 1 saturated heterocycles. The Balaban J connectivity index is 1.74. The Morgan fingerprint density at radius 2 is 2.17 bits per heavy atom. The van der Waals surface area contributed by atoms with Crippen LogP contribution >= 0.6 is 11.6 Å². The van der Waals surface area contributed by atoms with Gasteiger partial charge in [0.15, 0.2) is 0 Å². The number of carbonyl (C=O) groups excluding carboxylic acids is 1. The molecular formula is C21H27ClN4O3. The van der Waals surface area contributed by atoms with Crippen LogP contribution in [0.2, 0.25) is 5.02 Å². The molecule has 1 amide bonds. The Labute approximate surface area is 175 Å². The number of methoxy groups -OCH3 is 1. The standard InChI is InChI=1S/C21H27ClN4O3/c1-15-6-7-17(13-18(15)22)26-20(27)9-8-19(24-26)25-11-3-5-16(14-25)21(28)23-10-4-12-29-2/h6-9,13,16H,3-5,10-12,14H2,1-2H3,(H,23,28). The number of carbonyl (C=O) groups is 1. The van der Waals surface area contributed by atoms with Crippen molar-refractivity contribution in [3.05, 3.63) is 51.3 Å². The molecule has 1 aliphatic heterocycles. The molecule has 1 aromatic heterocycles. The van der Waals surface area contributed by atoms with E-state index >= 15 is 0 Å². The molecule has 7 nitrogen and oxygen atoms in total. The zero-order chi connectivity index (χ0) is 20.8. The summed E-state index contributed by atoms with van der Waals surface area (Å²) in [6, 6.07) is 8.65. The van der Waals surface area contributed by atoms with Crippen LogP contribution in [0, 0.1) is 12.8 Å². The van der Waals surface area contributed by atoms with Gasteiger partial charge in [-0.05, 0) is 49.9 Å². The average Bonchev–Trinajstić information content (AvgIpc) is 2.73. The van der Waals surface area contributed by atoms with Gasteiger partial charge in [0, 0.05) is 44.4 Å². The third-order valence-electron chi connectivity index (χ3n) is 5.13. The Bertz CT molecular complexity index is 915. The Kier molecular flexibility index (Phi) is 7.28. The predicted octanol–water partition coefficient (Wildman–Crippen LogP) is 2.56. The van der Waals surface area contributed by atoms with Crippen LogP contribution in [-0.4, -0.2) is 49.0 Å². The van der Waals surface area contributed by atoms with Gasteiger partial charge in [-0.1, -0.05) is 17.7 Å². The molecule has 8 heteroatoms. The number of aryl methyl sites for hydroxylation is 1. The van der Waals surface area contributed by atoms with Gasteiger partial charge >= 0.3 is 0 Å². The summed E-state index contributed by atoms with van der Waals surface area (Å²) in [4.78, 5) is 26.9. The van der Waals surface area contributed by atoms with Crippen LogP contribution in [0.3, 0.4) is 0 Å². The number of aromatic nitrogens is 2. The maximum absolute atomic E-state index is 12.5. The second-order valence-corrected chi connectivity index (χ2v) is 7.70. The number of anilines is 1. The second-order valence-electron chi connectivity index (χ2n) is 7.30. The first-order valence-electron chi connectivity index (χ1n) is 9.88. The first-order chi connectivity index (χ1) is 14.0. The minimum atomic E-state index is -0.224. The van der Waals surface area contributed by atoms with Crippen molar-refractivity contribution in [2.24, 2.45) is 5.92 Å². The first kappa shape index (κ1) is 21.3. The molecule has 1 unspecified atom stereocenters. The average molecular weight is 419 g/mol. The van der Waals surface area contributed by atoms with E-state index in [-0.39, 0.29) is 17.4 Å². The van der Waals surface area contributed by atoms with Crippen molar-refractivity contribution in [3.8, 4) is 5.69 Å². The van der Waals surface area contributed by atoms with E-state index in [0.29, 0.717) is 36.2 Å². The molecule has 1 aliphatic rings. The van der Waals surface area contributed by atoms with Crippen LogP contribution in [0.1, 0.15) is 24.8 Å². The van der Waals surface area contributed by atoms with Crippen molar-refractivity contribution in [2.45, 2.75) is 26.2 Å². The molecule has 0 bridgehead atoms. The van der Waals surface area contributed by atoms with E-state index < -0.39 is 0 Å². The molecule has 2 heterocycles. The van der Waals surface area contributed by atoms with Crippen LogP contribution < -0.4 is 15.8 Å². The molecule has 3 rings (SSSR count). The van der Waals surface area contributed by atoms with Gasteiger partial charge in [-0.15, -0.1) is 5.10 Å². The minimum Gasteiger partial charge on any atom is -0.385 e. The topological polar surface area (TPSA) is 76.5 Å². The van der Waals surface area contributed by atoms with E-state index in [9.17, 15) is 9.59 Å². The molecule has 156 valence electrons. The van der Waals surface area contributed by atoms with Crippen molar-refractivity contribution in [1.82, 2.24) is 15.1 Å². The molecule has 1 N–H and O–H groups in total. The summed E-state index contributed by atoms with van der Waals surface area (Å²) in [7, 11) is 1.65. The van der Waals surface area contributed by atoms with E-state index in [1.165, 1.54) is 10.7 Å². The number of nitrogens with zero attached hydrogens (tertiary/aromatic N) is 3. The summed E-state index contributed by atoms with van der Waals surface area (Å²) in [5, 5.41) is 8.11. The van der Waals surface area contributed by atoms with Gasteiger partial charge in [-0.25, -0.2) is 0 Å². The maximum Gasteiger partial charge on any atom is 0.271 e. The summed E-state index contributed by atoms with van der Waals surface area (Å²) < 4.78 is 6.37. The van der Waals surface area contributed by atoms with Gasteiger partial charge in [-0.2, -0.15) is 4.68 Å². The number of hydrogen-bond acceptors (Lipinski definition) is 5. The van der Waals surface area contributed by atoms with Gasteiger partial charge in [0.2, 0.25) is 5.91 Å². The van der Waals surface area contributed by atoms with Crippen LogP contribution in [0.4, 0.5) is 5.82 Å². The largest absolute Gasteiger partial charge is 0.385 e. The molecular weight excluding hydrogens is 392 g/mol. The highest BCUT2D eigenvalue weighted by Gasteiger charge is 2.26. The molecule has 1 aromatic carbocycles. The number of ether oxygens (including phenoxy) is 1. The van der Waals surface area contributed by atoms with Crippen molar-refractivity contribution in [3.63, 3.8) is 0 Å². The quantitative estimate of drug-likeness (QED) is 0.699. The van der Waals surface area contributed by atoms with E-state index in [1.807, 2.05) is 19.1 Å². The lowest BCUT2D eigenvalue weighted by atomic mass is 9.97. The summed E-state index contributed by atoms with van der Waals surface area (Å²) in [6.07, 6.45) is 2.54. The monoisotopic (exact) mass is 418 g/mol. The highest BCUT2D eigenvalue weighted by Crippen LogP contribution is 2.22. The molecule has 0 aliphatic carbocycles. The van der Waals surface area contributed by atoms with Crippen molar-refractivity contribution < 1.29 is 9.53 Å². The molecule has 0 spiro atoms. The Hall–Kier alpha value is -2.38. The lowest BCUT2D eigenvalue weighted by Gasteiger charge is -2.33. The molecule has 1 atom stereocenters. The van der Waals surface area contributed by atoms with Crippen molar-refractivity contribution in [2.75, 3.05) is 38.3 Å². The van der Waals surface area contributed by atoms with Gasteiger partial charge in [-0.3, -0.25) is 9.59 Å². The van der Waals surface area contributed by atoms with Crippen LogP contribution in [0.15, 0.2) is 35.1 Å². The number of halogens is 1. The SMILES string of the molecule is COCCCNC(=O)C1CCCN(c2ccc(=O)n(-c3ccc(C)c(Cl)c3)n2)C1. The zero-order valence-corrected chi connectivity index (χ0v) is 17.6. The smallest absolute Gasteiger partial charge is 0.271 e. The maximum atomic E-state index is 12.5. The first-order valence-corrected chi connectivity index (χ1v) is 10.3. The predicted molar refractivity (Wildman–Crippen MR) is 114 cm³/mol. The van der Waals surface area contributed by atoms with Crippen LogP contribution in [-0.2, 0) is 9.53 Å². The fraction of sp³-hybridized carbons (Fsp3) is 0.476. The molecule has 0 radical (unpaired) electrons. The summed E-state index contributed by atoms with van der Waals surface area (Å²) >= 11 is 6.21. The highest BCUT2D eigenvalue weighted by molar-refractivity contribution is 6.31.